The average molecular weight is 403 g/mol. The monoisotopic (exact) mass is 402 g/mol. The molecule has 1 N–H and O–H groups in total. The van der Waals surface area contributed by atoms with Crippen LogP contribution in [0.3, 0.4) is 0 Å². The number of nitrogens with zero attached hydrogens (tertiary/aromatic N) is 3. The molecule has 0 radical (unpaired) electrons. The summed E-state index contributed by atoms with van der Waals surface area (Å²) in [6.45, 7) is 7.11. The lowest BCUT2D eigenvalue weighted by molar-refractivity contribution is -0.124. The largest absolute Gasteiger partial charge is 0.356 e. The van der Waals surface area contributed by atoms with Crippen LogP contribution in [-0.4, -0.2) is 46.6 Å². The van der Waals surface area contributed by atoms with Crippen molar-refractivity contribution in [2.45, 2.75) is 33.7 Å². The molecule has 7 heteroatoms. The Labute approximate surface area is 171 Å². The molecule has 6 nitrogen and oxygen atoms in total. The minimum absolute atomic E-state index is 0.0615. The molecule has 1 heterocycles. The molecule has 1 aromatic carbocycles. The Hall–Kier alpha value is -2.60. The lowest BCUT2D eigenvalue weighted by Gasteiger charge is -2.14. The van der Waals surface area contributed by atoms with Crippen molar-refractivity contribution >= 4 is 29.5 Å². The SMILES string of the molecule is CC(=O)NCCCN(C)C(=O)C=Cc1c(C)nn(Cc2ccccc2Cl)c1C. The summed E-state index contributed by atoms with van der Waals surface area (Å²) in [5.41, 5.74) is 3.78. The number of aromatic nitrogens is 2. The van der Waals surface area contributed by atoms with Crippen molar-refractivity contribution in [3.8, 4) is 0 Å². The maximum atomic E-state index is 12.3. The summed E-state index contributed by atoms with van der Waals surface area (Å²) in [4.78, 5) is 24.8. The number of halogens is 1. The van der Waals surface area contributed by atoms with Crippen LogP contribution in [0.25, 0.3) is 6.08 Å². The molecule has 2 aromatic rings. The van der Waals surface area contributed by atoms with Crippen LogP contribution in [0.1, 0.15) is 35.9 Å². The number of aryl methyl sites for hydroxylation is 1. The molecular weight excluding hydrogens is 376 g/mol. The van der Waals surface area contributed by atoms with E-state index >= 15 is 0 Å². The van der Waals surface area contributed by atoms with Crippen LogP contribution in [0.15, 0.2) is 30.3 Å². The number of benzene rings is 1. The third-order valence-electron chi connectivity index (χ3n) is 4.53. The van der Waals surface area contributed by atoms with E-state index in [1.165, 1.54) is 6.92 Å². The fourth-order valence-electron chi connectivity index (χ4n) is 2.87. The Morgan fingerprint density at radius 1 is 1.29 bits per heavy atom. The Balaban J connectivity index is 2.01. The molecule has 0 atom stereocenters. The van der Waals surface area contributed by atoms with E-state index in [0.29, 0.717) is 31.1 Å². The van der Waals surface area contributed by atoms with Crippen LogP contribution in [0.2, 0.25) is 5.02 Å². The molecule has 150 valence electrons. The highest BCUT2D eigenvalue weighted by Crippen LogP contribution is 2.20. The van der Waals surface area contributed by atoms with Crippen LogP contribution < -0.4 is 5.32 Å². The normalized spacial score (nSPS) is 11.0. The predicted molar refractivity (Wildman–Crippen MR) is 112 cm³/mol. The zero-order chi connectivity index (χ0) is 20.7. The Morgan fingerprint density at radius 3 is 2.68 bits per heavy atom. The molecule has 0 saturated carbocycles. The van der Waals surface area contributed by atoms with Gasteiger partial charge in [0, 0.05) is 49.4 Å². The first-order valence-corrected chi connectivity index (χ1v) is 9.62. The van der Waals surface area contributed by atoms with Gasteiger partial charge < -0.3 is 10.2 Å². The van der Waals surface area contributed by atoms with Gasteiger partial charge in [0.15, 0.2) is 0 Å². The molecule has 0 saturated heterocycles. The average Bonchev–Trinajstić information content (AvgIpc) is 2.91. The maximum Gasteiger partial charge on any atom is 0.246 e. The smallest absolute Gasteiger partial charge is 0.246 e. The minimum atomic E-state index is -0.0829. The van der Waals surface area contributed by atoms with Gasteiger partial charge in [-0.3, -0.25) is 14.3 Å². The van der Waals surface area contributed by atoms with Crippen molar-refractivity contribution in [3.05, 3.63) is 57.9 Å². The third kappa shape index (κ3) is 5.96. The van der Waals surface area contributed by atoms with Crippen LogP contribution in [0.4, 0.5) is 0 Å². The van der Waals surface area contributed by atoms with E-state index < -0.39 is 0 Å². The number of likely N-dealkylation sites (N-methyl/N-ethyl adjacent to an activating group) is 1. The molecule has 0 aliphatic heterocycles. The van der Waals surface area contributed by atoms with Crippen LogP contribution in [-0.2, 0) is 16.1 Å². The summed E-state index contributed by atoms with van der Waals surface area (Å²) in [5, 5.41) is 8.02. The first-order chi connectivity index (χ1) is 13.3. The van der Waals surface area contributed by atoms with Crippen molar-refractivity contribution in [1.82, 2.24) is 20.0 Å². The molecule has 0 aliphatic rings. The molecule has 0 fully saturated rings. The van der Waals surface area contributed by atoms with E-state index in [1.54, 1.807) is 18.0 Å². The molecule has 0 aliphatic carbocycles. The van der Waals surface area contributed by atoms with Gasteiger partial charge in [-0.05, 0) is 38.0 Å². The maximum absolute atomic E-state index is 12.3. The summed E-state index contributed by atoms with van der Waals surface area (Å²) in [7, 11) is 1.75. The molecule has 0 spiro atoms. The summed E-state index contributed by atoms with van der Waals surface area (Å²) < 4.78 is 1.90. The van der Waals surface area contributed by atoms with Gasteiger partial charge in [0.25, 0.3) is 0 Å². The van der Waals surface area contributed by atoms with Crippen molar-refractivity contribution < 1.29 is 9.59 Å². The highest BCUT2D eigenvalue weighted by molar-refractivity contribution is 6.31. The number of carbonyl (C=O) groups excluding carboxylic acids is 2. The van der Waals surface area contributed by atoms with Crippen LogP contribution in [0, 0.1) is 13.8 Å². The number of hydrogen-bond acceptors (Lipinski definition) is 3. The standard InChI is InChI=1S/C21H27ClN4O2/c1-15-19(10-11-21(28)25(4)13-7-12-23-17(3)27)16(2)26(24-15)14-18-8-5-6-9-20(18)22/h5-6,8-11H,7,12-14H2,1-4H3,(H,23,27). The molecule has 0 bridgehead atoms. The lowest BCUT2D eigenvalue weighted by Crippen LogP contribution is -2.29. The fourth-order valence-corrected chi connectivity index (χ4v) is 3.06. The second-order valence-corrected chi connectivity index (χ2v) is 7.17. The zero-order valence-electron chi connectivity index (χ0n) is 16.8. The van der Waals surface area contributed by atoms with Crippen molar-refractivity contribution in [2.24, 2.45) is 0 Å². The van der Waals surface area contributed by atoms with Crippen molar-refractivity contribution in [1.29, 1.82) is 0 Å². The number of amides is 2. The van der Waals surface area contributed by atoms with E-state index in [9.17, 15) is 9.59 Å². The van der Waals surface area contributed by atoms with E-state index in [-0.39, 0.29) is 11.8 Å². The number of rotatable bonds is 8. The Morgan fingerprint density at radius 2 is 2.00 bits per heavy atom. The van der Waals surface area contributed by atoms with E-state index in [4.69, 9.17) is 11.6 Å². The first-order valence-electron chi connectivity index (χ1n) is 9.24. The van der Waals surface area contributed by atoms with Gasteiger partial charge in [-0.2, -0.15) is 5.10 Å². The van der Waals surface area contributed by atoms with Crippen LogP contribution in [0.5, 0.6) is 0 Å². The highest BCUT2D eigenvalue weighted by Gasteiger charge is 2.12. The number of carbonyl (C=O) groups is 2. The summed E-state index contributed by atoms with van der Waals surface area (Å²) in [5.74, 6) is -0.144. The first kappa shape index (κ1) is 21.7. The third-order valence-corrected chi connectivity index (χ3v) is 4.90. The minimum Gasteiger partial charge on any atom is -0.356 e. The van der Waals surface area contributed by atoms with Gasteiger partial charge in [0.2, 0.25) is 11.8 Å². The fraction of sp³-hybridized carbons (Fsp3) is 0.381. The van der Waals surface area contributed by atoms with Crippen LogP contribution >= 0.6 is 11.6 Å². The number of nitrogens with one attached hydrogen (secondary N) is 1. The van der Waals surface area contributed by atoms with Gasteiger partial charge in [0.05, 0.1) is 12.2 Å². The van der Waals surface area contributed by atoms with Gasteiger partial charge >= 0.3 is 0 Å². The summed E-state index contributed by atoms with van der Waals surface area (Å²) in [6.07, 6.45) is 4.09. The van der Waals surface area contributed by atoms with E-state index in [1.807, 2.05) is 48.9 Å². The molecular formula is C21H27ClN4O2. The zero-order valence-corrected chi connectivity index (χ0v) is 17.6. The predicted octanol–water partition coefficient (Wildman–Crippen LogP) is 3.20. The lowest BCUT2D eigenvalue weighted by atomic mass is 10.1. The number of hydrogen-bond donors (Lipinski definition) is 1. The molecule has 1 aromatic heterocycles. The van der Waals surface area contributed by atoms with Gasteiger partial charge in [0.1, 0.15) is 0 Å². The molecule has 2 rings (SSSR count). The summed E-state index contributed by atoms with van der Waals surface area (Å²) in [6, 6.07) is 7.70. The van der Waals surface area contributed by atoms with Gasteiger partial charge in [-0.1, -0.05) is 29.8 Å². The second kappa shape index (κ2) is 10.1. The Bertz CT molecular complexity index is 873. The topological polar surface area (TPSA) is 67.2 Å². The quantitative estimate of drug-likeness (QED) is 0.544. The Kier molecular flexibility index (Phi) is 7.81. The molecule has 28 heavy (non-hydrogen) atoms. The van der Waals surface area contributed by atoms with Gasteiger partial charge in [-0.15, -0.1) is 0 Å². The van der Waals surface area contributed by atoms with Crippen molar-refractivity contribution in [2.75, 3.05) is 20.1 Å². The van der Waals surface area contributed by atoms with Gasteiger partial charge in [-0.25, -0.2) is 0 Å². The molecule has 0 unspecified atom stereocenters. The van der Waals surface area contributed by atoms with E-state index in [2.05, 4.69) is 10.4 Å². The van der Waals surface area contributed by atoms with E-state index in [0.717, 1.165) is 22.5 Å². The second-order valence-electron chi connectivity index (χ2n) is 6.76. The molecule has 2 amide bonds. The van der Waals surface area contributed by atoms with Crippen molar-refractivity contribution in [3.63, 3.8) is 0 Å². The highest BCUT2D eigenvalue weighted by atomic mass is 35.5. The summed E-state index contributed by atoms with van der Waals surface area (Å²) >= 11 is 6.25.